The topological polar surface area (TPSA) is 70.6 Å². The van der Waals surface area contributed by atoms with Gasteiger partial charge in [0.05, 0.1) is 12.6 Å². The number of nitrogens with one attached hydrogen (secondary N) is 2. The van der Waals surface area contributed by atoms with Gasteiger partial charge in [-0.1, -0.05) is 12.1 Å². The maximum Gasteiger partial charge on any atom is 0.315 e. The lowest BCUT2D eigenvalue weighted by Crippen LogP contribution is -2.37. The van der Waals surface area contributed by atoms with Crippen molar-refractivity contribution in [3.05, 3.63) is 29.8 Å². The number of hydrogen-bond acceptors (Lipinski definition) is 3. The van der Waals surface area contributed by atoms with Gasteiger partial charge in [0, 0.05) is 13.2 Å². The van der Waals surface area contributed by atoms with E-state index in [2.05, 4.69) is 10.6 Å². The summed E-state index contributed by atoms with van der Waals surface area (Å²) in [6.45, 7) is 5.05. The van der Waals surface area contributed by atoms with Gasteiger partial charge >= 0.3 is 6.03 Å². The highest BCUT2D eigenvalue weighted by Gasteiger charge is 2.08. The molecule has 0 heterocycles. The minimum atomic E-state index is -0.227. The number of benzene rings is 1. The van der Waals surface area contributed by atoms with E-state index >= 15 is 0 Å². The van der Waals surface area contributed by atoms with Crippen molar-refractivity contribution >= 4 is 6.03 Å². The highest BCUT2D eigenvalue weighted by atomic mass is 16.5. The Labute approximate surface area is 114 Å². The number of carbonyl (C=O) groups is 1. The number of amides is 2. The smallest absolute Gasteiger partial charge is 0.315 e. The molecule has 0 radical (unpaired) electrons. The quantitative estimate of drug-likeness (QED) is 0.659. The van der Waals surface area contributed by atoms with Gasteiger partial charge in [0.2, 0.25) is 0 Å². The summed E-state index contributed by atoms with van der Waals surface area (Å²) in [5, 5.41) is 14.1. The number of aliphatic hydroxyl groups excluding tert-OH is 1. The van der Waals surface area contributed by atoms with Crippen molar-refractivity contribution in [3.8, 4) is 5.75 Å². The van der Waals surface area contributed by atoms with E-state index in [1.807, 2.05) is 38.1 Å². The van der Waals surface area contributed by atoms with Crippen LogP contribution in [0.4, 0.5) is 4.79 Å². The fourth-order valence-corrected chi connectivity index (χ4v) is 1.63. The molecule has 5 nitrogen and oxygen atoms in total. The number of aliphatic hydroxyl groups is 1. The molecule has 0 bridgehead atoms. The third-order valence-electron chi connectivity index (χ3n) is 2.66. The first-order valence-corrected chi connectivity index (χ1v) is 6.55. The molecule has 0 aliphatic heterocycles. The van der Waals surface area contributed by atoms with E-state index in [9.17, 15) is 4.79 Å². The van der Waals surface area contributed by atoms with Gasteiger partial charge in [-0.05, 0) is 38.0 Å². The summed E-state index contributed by atoms with van der Waals surface area (Å²) in [4.78, 5) is 11.5. The number of hydrogen-bond donors (Lipinski definition) is 3. The third-order valence-corrected chi connectivity index (χ3v) is 2.66. The van der Waals surface area contributed by atoms with Gasteiger partial charge < -0.3 is 20.5 Å². The summed E-state index contributed by atoms with van der Waals surface area (Å²) in [5.74, 6) is 0.825. The summed E-state index contributed by atoms with van der Waals surface area (Å²) < 4.78 is 5.36. The molecule has 2 amide bonds. The van der Waals surface area contributed by atoms with Crippen molar-refractivity contribution < 1.29 is 14.6 Å². The minimum Gasteiger partial charge on any atom is -0.494 e. The van der Waals surface area contributed by atoms with Gasteiger partial charge in [0.25, 0.3) is 0 Å². The Morgan fingerprint density at radius 2 is 2.05 bits per heavy atom. The molecule has 19 heavy (non-hydrogen) atoms. The lowest BCUT2D eigenvalue weighted by molar-refractivity contribution is 0.235. The lowest BCUT2D eigenvalue weighted by atomic mass is 10.1. The van der Waals surface area contributed by atoms with Crippen LogP contribution >= 0.6 is 0 Å². The molecule has 106 valence electrons. The zero-order valence-corrected chi connectivity index (χ0v) is 11.5. The molecule has 0 fully saturated rings. The normalized spacial score (nSPS) is 11.7. The SMILES string of the molecule is CCOc1ccc(C(C)NC(=O)NCCCO)cc1. The van der Waals surface area contributed by atoms with E-state index in [4.69, 9.17) is 9.84 Å². The predicted molar refractivity (Wildman–Crippen MR) is 74.3 cm³/mol. The fourth-order valence-electron chi connectivity index (χ4n) is 1.63. The summed E-state index contributed by atoms with van der Waals surface area (Å²) in [5.41, 5.74) is 1.01. The van der Waals surface area contributed by atoms with E-state index in [0.29, 0.717) is 19.6 Å². The molecule has 0 aromatic heterocycles. The molecule has 3 N–H and O–H groups in total. The van der Waals surface area contributed by atoms with Gasteiger partial charge in [0.15, 0.2) is 0 Å². The molecule has 0 spiro atoms. The highest BCUT2D eigenvalue weighted by molar-refractivity contribution is 5.74. The van der Waals surface area contributed by atoms with Gasteiger partial charge in [-0.25, -0.2) is 4.79 Å². The molecule has 0 aliphatic carbocycles. The monoisotopic (exact) mass is 266 g/mol. The fraction of sp³-hybridized carbons (Fsp3) is 0.500. The summed E-state index contributed by atoms with van der Waals surface area (Å²) in [7, 11) is 0. The zero-order chi connectivity index (χ0) is 14.1. The highest BCUT2D eigenvalue weighted by Crippen LogP contribution is 2.17. The Hall–Kier alpha value is -1.75. The molecule has 0 saturated carbocycles. The van der Waals surface area contributed by atoms with Crippen LogP contribution in [0.1, 0.15) is 31.9 Å². The molecule has 0 aliphatic rings. The molecule has 1 atom stereocenters. The average molecular weight is 266 g/mol. The van der Waals surface area contributed by atoms with E-state index in [1.165, 1.54) is 0 Å². The molecule has 1 aromatic rings. The van der Waals surface area contributed by atoms with Crippen LogP contribution in [0.15, 0.2) is 24.3 Å². The van der Waals surface area contributed by atoms with Crippen LogP contribution < -0.4 is 15.4 Å². The summed E-state index contributed by atoms with van der Waals surface area (Å²) in [6, 6.07) is 7.34. The molecule has 1 unspecified atom stereocenters. The van der Waals surface area contributed by atoms with Crippen molar-refractivity contribution in [2.75, 3.05) is 19.8 Å². The Kier molecular flexibility index (Phi) is 6.74. The van der Waals surface area contributed by atoms with Crippen molar-refractivity contribution in [1.82, 2.24) is 10.6 Å². The number of rotatable bonds is 7. The largest absolute Gasteiger partial charge is 0.494 e. The average Bonchev–Trinajstić information content (AvgIpc) is 2.40. The zero-order valence-electron chi connectivity index (χ0n) is 11.5. The first-order valence-electron chi connectivity index (χ1n) is 6.55. The second-order valence-corrected chi connectivity index (χ2v) is 4.20. The van der Waals surface area contributed by atoms with Gasteiger partial charge in [0.1, 0.15) is 5.75 Å². The van der Waals surface area contributed by atoms with Gasteiger partial charge in [-0.3, -0.25) is 0 Å². The number of urea groups is 1. The van der Waals surface area contributed by atoms with Crippen molar-refractivity contribution in [2.45, 2.75) is 26.3 Å². The maximum absolute atomic E-state index is 11.5. The lowest BCUT2D eigenvalue weighted by Gasteiger charge is -2.15. The number of carbonyl (C=O) groups excluding carboxylic acids is 1. The second-order valence-electron chi connectivity index (χ2n) is 4.20. The van der Waals surface area contributed by atoms with Gasteiger partial charge in [-0.15, -0.1) is 0 Å². The van der Waals surface area contributed by atoms with Crippen molar-refractivity contribution in [3.63, 3.8) is 0 Å². The minimum absolute atomic E-state index is 0.0781. The van der Waals surface area contributed by atoms with Crippen LogP contribution in [0.25, 0.3) is 0 Å². The first-order chi connectivity index (χ1) is 9.17. The third kappa shape index (κ3) is 5.61. The molecule has 0 saturated heterocycles. The first kappa shape index (κ1) is 15.3. The van der Waals surface area contributed by atoms with Crippen molar-refractivity contribution in [2.24, 2.45) is 0 Å². The van der Waals surface area contributed by atoms with Crippen LogP contribution in [0, 0.1) is 0 Å². The Balaban J connectivity index is 2.43. The molecule has 1 rings (SSSR count). The molecule has 5 heteroatoms. The van der Waals surface area contributed by atoms with E-state index < -0.39 is 0 Å². The van der Waals surface area contributed by atoms with E-state index in [1.54, 1.807) is 0 Å². The van der Waals surface area contributed by atoms with Crippen LogP contribution in [0.2, 0.25) is 0 Å². The molecular weight excluding hydrogens is 244 g/mol. The standard InChI is InChI=1S/C14H22N2O3/c1-3-19-13-7-5-12(6-8-13)11(2)16-14(18)15-9-4-10-17/h5-8,11,17H,3-4,9-10H2,1-2H3,(H2,15,16,18). The second kappa shape index (κ2) is 8.37. The number of ether oxygens (including phenoxy) is 1. The summed E-state index contributed by atoms with van der Waals surface area (Å²) in [6.07, 6.45) is 0.560. The maximum atomic E-state index is 11.5. The summed E-state index contributed by atoms with van der Waals surface area (Å²) >= 11 is 0. The van der Waals surface area contributed by atoms with Crippen molar-refractivity contribution in [1.29, 1.82) is 0 Å². The molecular formula is C14H22N2O3. The van der Waals surface area contributed by atoms with Gasteiger partial charge in [-0.2, -0.15) is 0 Å². The van der Waals surface area contributed by atoms with E-state index in [0.717, 1.165) is 11.3 Å². The Bertz CT molecular complexity index is 379. The van der Waals surface area contributed by atoms with Crippen LogP contribution in [-0.2, 0) is 0 Å². The van der Waals surface area contributed by atoms with E-state index in [-0.39, 0.29) is 18.7 Å². The van der Waals surface area contributed by atoms with Crippen LogP contribution in [0.3, 0.4) is 0 Å². The predicted octanol–water partition coefficient (Wildman–Crippen LogP) is 1.83. The van der Waals surface area contributed by atoms with Crippen LogP contribution in [0.5, 0.6) is 5.75 Å². The molecule has 1 aromatic carbocycles. The Morgan fingerprint density at radius 1 is 1.37 bits per heavy atom. The van der Waals surface area contributed by atoms with Crippen LogP contribution in [-0.4, -0.2) is 30.9 Å². The Morgan fingerprint density at radius 3 is 2.63 bits per heavy atom.